The molecule has 0 saturated heterocycles. The molecule has 0 aliphatic heterocycles. The summed E-state index contributed by atoms with van der Waals surface area (Å²) in [5.41, 5.74) is 0.0339. The van der Waals surface area contributed by atoms with Crippen molar-refractivity contribution in [2.24, 2.45) is 0 Å². The highest BCUT2D eigenvalue weighted by Crippen LogP contribution is 2.24. The third kappa shape index (κ3) is 4.34. The van der Waals surface area contributed by atoms with E-state index in [1.54, 1.807) is 6.92 Å². The van der Waals surface area contributed by atoms with E-state index in [1.807, 2.05) is 0 Å². The number of hydrogen-bond donors (Lipinski definition) is 0. The fourth-order valence-corrected chi connectivity index (χ4v) is 1.66. The van der Waals surface area contributed by atoms with E-state index in [0.717, 1.165) is 0 Å². The van der Waals surface area contributed by atoms with Crippen molar-refractivity contribution in [1.29, 1.82) is 0 Å². The predicted octanol–water partition coefficient (Wildman–Crippen LogP) is 1.67. The molecule has 0 spiro atoms. The van der Waals surface area contributed by atoms with Crippen LogP contribution in [0.3, 0.4) is 0 Å². The summed E-state index contributed by atoms with van der Waals surface area (Å²) in [6.45, 7) is 1.82. The first-order valence-corrected chi connectivity index (χ1v) is 5.96. The molecule has 0 heterocycles. The highest BCUT2D eigenvalue weighted by atomic mass is 16.6. The summed E-state index contributed by atoms with van der Waals surface area (Å²) in [6.07, 6.45) is -0.617. The molecule has 0 aliphatic carbocycles. The second-order valence-electron chi connectivity index (χ2n) is 3.95. The zero-order chi connectivity index (χ0) is 15.1. The Morgan fingerprint density at radius 3 is 2.60 bits per heavy atom. The van der Waals surface area contributed by atoms with Crippen LogP contribution in [0.1, 0.15) is 18.9 Å². The average Bonchev–Trinajstić information content (AvgIpc) is 2.38. The maximum Gasteiger partial charge on any atom is 0.313 e. The van der Waals surface area contributed by atoms with Crippen LogP contribution in [0.25, 0.3) is 0 Å². The number of benzene rings is 1. The Bertz CT molecular complexity index is 526. The molecule has 0 amide bonds. The van der Waals surface area contributed by atoms with Gasteiger partial charge in [0, 0.05) is 18.1 Å². The van der Waals surface area contributed by atoms with E-state index >= 15 is 0 Å². The lowest BCUT2D eigenvalue weighted by Gasteiger charge is -2.05. The lowest BCUT2D eigenvalue weighted by atomic mass is 10.0. The van der Waals surface area contributed by atoms with Gasteiger partial charge in [-0.2, -0.15) is 0 Å². The van der Waals surface area contributed by atoms with Crippen LogP contribution in [0.5, 0.6) is 5.75 Å². The Morgan fingerprint density at radius 2 is 2.05 bits per heavy atom. The van der Waals surface area contributed by atoms with Crippen LogP contribution < -0.4 is 4.74 Å². The van der Waals surface area contributed by atoms with Crippen LogP contribution in [0.4, 0.5) is 5.69 Å². The molecular weight excluding hydrogens is 266 g/mol. The number of carbonyl (C=O) groups is 2. The lowest BCUT2D eigenvalue weighted by molar-refractivity contribution is -0.385. The van der Waals surface area contributed by atoms with Gasteiger partial charge >= 0.3 is 5.97 Å². The molecule has 7 heteroatoms. The van der Waals surface area contributed by atoms with E-state index in [2.05, 4.69) is 4.74 Å². The number of ether oxygens (including phenoxy) is 2. The first-order chi connectivity index (χ1) is 9.47. The monoisotopic (exact) mass is 281 g/mol. The van der Waals surface area contributed by atoms with Crippen molar-refractivity contribution in [3.8, 4) is 5.75 Å². The van der Waals surface area contributed by atoms with Crippen molar-refractivity contribution >= 4 is 17.4 Å². The number of nitro groups is 1. The predicted molar refractivity (Wildman–Crippen MR) is 69.6 cm³/mol. The number of nitrogens with zero attached hydrogens (tertiary/aromatic N) is 1. The van der Waals surface area contributed by atoms with Gasteiger partial charge in [0.05, 0.1) is 18.6 Å². The number of esters is 1. The minimum Gasteiger partial charge on any atom is -0.497 e. The second-order valence-corrected chi connectivity index (χ2v) is 3.95. The Morgan fingerprint density at radius 1 is 1.35 bits per heavy atom. The van der Waals surface area contributed by atoms with Crippen molar-refractivity contribution in [2.75, 3.05) is 13.7 Å². The van der Waals surface area contributed by atoms with Gasteiger partial charge in [-0.05, 0) is 19.1 Å². The zero-order valence-electron chi connectivity index (χ0n) is 11.3. The van der Waals surface area contributed by atoms with E-state index < -0.39 is 23.1 Å². The Kier molecular flexibility index (Phi) is 5.64. The molecule has 0 unspecified atom stereocenters. The Hall–Kier alpha value is -2.44. The smallest absolute Gasteiger partial charge is 0.313 e. The van der Waals surface area contributed by atoms with Gasteiger partial charge in [-0.25, -0.2) is 0 Å². The van der Waals surface area contributed by atoms with Gasteiger partial charge < -0.3 is 9.47 Å². The van der Waals surface area contributed by atoms with Gasteiger partial charge in [0.25, 0.3) is 5.69 Å². The summed E-state index contributed by atoms with van der Waals surface area (Å²) in [7, 11) is 1.42. The Labute approximate surface area is 115 Å². The van der Waals surface area contributed by atoms with Crippen LogP contribution >= 0.6 is 0 Å². The quantitative estimate of drug-likeness (QED) is 0.326. The molecule has 0 atom stereocenters. The number of ketones is 1. The third-order valence-corrected chi connectivity index (χ3v) is 2.52. The van der Waals surface area contributed by atoms with Crippen molar-refractivity contribution in [3.63, 3.8) is 0 Å². The van der Waals surface area contributed by atoms with Gasteiger partial charge in [0.1, 0.15) is 18.0 Å². The van der Waals surface area contributed by atoms with Gasteiger partial charge in [0.15, 0.2) is 0 Å². The fourth-order valence-electron chi connectivity index (χ4n) is 1.66. The third-order valence-electron chi connectivity index (χ3n) is 2.52. The number of methoxy groups -OCH3 is 1. The molecular formula is C13H15NO6. The number of rotatable bonds is 7. The summed E-state index contributed by atoms with van der Waals surface area (Å²) in [6, 6.07) is 4.13. The van der Waals surface area contributed by atoms with Crippen LogP contribution in [-0.2, 0) is 20.7 Å². The van der Waals surface area contributed by atoms with Gasteiger partial charge in [0.2, 0.25) is 0 Å². The molecule has 20 heavy (non-hydrogen) atoms. The van der Waals surface area contributed by atoms with E-state index in [4.69, 9.17) is 4.74 Å². The van der Waals surface area contributed by atoms with Crippen molar-refractivity contribution < 1.29 is 24.0 Å². The maximum absolute atomic E-state index is 11.7. The SMILES string of the molecule is CCOC(=O)CC(=O)Cc1cc(OC)ccc1[N+](=O)[O-]. The number of hydrogen-bond acceptors (Lipinski definition) is 6. The van der Waals surface area contributed by atoms with Gasteiger partial charge in [-0.15, -0.1) is 0 Å². The molecule has 0 radical (unpaired) electrons. The van der Waals surface area contributed by atoms with Crippen LogP contribution in [-0.4, -0.2) is 30.4 Å². The number of carbonyl (C=O) groups excluding carboxylic acids is 2. The molecule has 0 aromatic heterocycles. The molecule has 0 fully saturated rings. The molecule has 108 valence electrons. The molecule has 0 aliphatic rings. The lowest BCUT2D eigenvalue weighted by Crippen LogP contribution is -2.13. The van der Waals surface area contributed by atoms with E-state index in [-0.39, 0.29) is 24.3 Å². The molecule has 0 bridgehead atoms. The molecule has 0 N–H and O–H groups in total. The standard InChI is InChI=1S/C13H15NO6/c1-3-20-13(16)8-10(15)6-9-7-11(19-2)4-5-12(9)14(17)18/h4-5,7H,3,6,8H2,1-2H3. The normalized spacial score (nSPS) is 9.90. The second kappa shape index (κ2) is 7.22. The van der Waals surface area contributed by atoms with Crippen molar-refractivity contribution in [3.05, 3.63) is 33.9 Å². The summed E-state index contributed by atoms with van der Waals surface area (Å²) in [5, 5.41) is 10.9. The van der Waals surface area contributed by atoms with Crippen molar-refractivity contribution in [1.82, 2.24) is 0 Å². The first-order valence-electron chi connectivity index (χ1n) is 5.96. The van der Waals surface area contributed by atoms with Crippen LogP contribution in [0.15, 0.2) is 18.2 Å². The maximum atomic E-state index is 11.7. The first kappa shape index (κ1) is 15.6. The molecule has 1 aromatic carbocycles. The summed E-state index contributed by atoms with van der Waals surface area (Å²) >= 11 is 0. The minimum atomic E-state index is -0.636. The summed E-state index contributed by atoms with van der Waals surface area (Å²) in [4.78, 5) is 33.2. The minimum absolute atomic E-state index is 0.178. The topological polar surface area (TPSA) is 95.7 Å². The fraction of sp³-hybridized carbons (Fsp3) is 0.385. The summed E-state index contributed by atoms with van der Waals surface area (Å²) < 4.78 is 9.62. The summed E-state index contributed by atoms with van der Waals surface area (Å²) in [5.74, 6) is -0.669. The highest BCUT2D eigenvalue weighted by molar-refractivity contribution is 5.96. The Balaban J connectivity index is 2.86. The van der Waals surface area contributed by atoms with Gasteiger partial charge in [-0.1, -0.05) is 0 Å². The van der Waals surface area contributed by atoms with E-state index in [0.29, 0.717) is 5.75 Å². The largest absolute Gasteiger partial charge is 0.497 e. The van der Waals surface area contributed by atoms with Crippen LogP contribution in [0.2, 0.25) is 0 Å². The number of Topliss-reactive ketones (excluding diaryl/α,β-unsaturated/α-hetero) is 1. The highest BCUT2D eigenvalue weighted by Gasteiger charge is 2.19. The average molecular weight is 281 g/mol. The molecule has 0 saturated carbocycles. The molecule has 1 rings (SSSR count). The molecule has 7 nitrogen and oxygen atoms in total. The van der Waals surface area contributed by atoms with E-state index in [9.17, 15) is 19.7 Å². The van der Waals surface area contributed by atoms with E-state index in [1.165, 1.54) is 25.3 Å². The number of nitro benzene ring substituents is 1. The molecule has 1 aromatic rings. The van der Waals surface area contributed by atoms with Gasteiger partial charge in [-0.3, -0.25) is 19.7 Å². The van der Waals surface area contributed by atoms with Crippen molar-refractivity contribution in [2.45, 2.75) is 19.8 Å². The zero-order valence-corrected chi connectivity index (χ0v) is 11.3. The van der Waals surface area contributed by atoms with Crippen LogP contribution in [0, 0.1) is 10.1 Å².